The zero-order valence-corrected chi connectivity index (χ0v) is 47.8. The highest BCUT2D eigenvalue weighted by molar-refractivity contribution is 5.71. The Bertz CT molecular complexity index is 2780. The molecule has 0 bridgehead atoms. The molecule has 20 heteroatoms. The maximum absolute atomic E-state index is 13.8. The van der Waals surface area contributed by atoms with Crippen molar-refractivity contribution in [2.75, 3.05) is 6.61 Å². The number of cyclic esters (lactones) is 1. The van der Waals surface area contributed by atoms with E-state index < -0.39 is 83.4 Å². The first-order chi connectivity index (χ1) is 37.3. The summed E-state index contributed by atoms with van der Waals surface area (Å²) in [6.07, 6.45) is -25.6. The van der Waals surface area contributed by atoms with Crippen LogP contribution in [0.25, 0.3) is 0 Å². The van der Waals surface area contributed by atoms with E-state index in [0.29, 0.717) is 40.8 Å². The van der Waals surface area contributed by atoms with Crippen LogP contribution in [0.3, 0.4) is 0 Å². The predicted octanol–water partition coefficient (Wildman–Crippen LogP) is 16.6. The van der Waals surface area contributed by atoms with Gasteiger partial charge in [0.15, 0.2) is 10.8 Å². The number of halogens is 12. The van der Waals surface area contributed by atoms with Gasteiger partial charge in [-0.1, -0.05) is 88.4 Å². The Labute approximate surface area is 466 Å². The number of esters is 3. The van der Waals surface area contributed by atoms with Crippen LogP contribution in [0.1, 0.15) is 162 Å². The summed E-state index contributed by atoms with van der Waals surface area (Å²) in [7, 11) is 0. The molecule has 1 fully saturated rings. The van der Waals surface area contributed by atoms with Gasteiger partial charge < -0.3 is 24.1 Å². The van der Waals surface area contributed by atoms with Crippen molar-refractivity contribution in [3.8, 4) is 11.5 Å². The van der Waals surface area contributed by atoms with Gasteiger partial charge in [0.25, 0.3) is 0 Å². The molecule has 0 aromatic heterocycles. The molecule has 1 saturated heterocycles. The van der Waals surface area contributed by atoms with Crippen LogP contribution in [0.2, 0.25) is 0 Å². The number of carbonyl (C=O) groups is 3. The van der Waals surface area contributed by atoms with Crippen LogP contribution in [0.15, 0.2) is 72.8 Å². The lowest BCUT2D eigenvalue weighted by molar-refractivity contribution is -0.361. The third kappa shape index (κ3) is 14.6. The van der Waals surface area contributed by atoms with Gasteiger partial charge in [-0.25, -0.2) is 0 Å². The molecule has 1 heterocycles. The minimum atomic E-state index is -5.69. The van der Waals surface area contributed by atoms with Crippen LogP contribution in [0, 0.1) is 38.5 Å². The largest absolute Gasteiger partial charge is 0.508 e. The van der Waals surface area contributed by atoms with Crippen LogP contribution in [-0.2, 0) is 52.3 Å². The van der Waals surface area contributed by atoms with Crippen molar-refractivity contribution in [2.45, 2.75) is 201 Å². The van der Waals surface area contributed by atoms with E-state index in [4.69, 9.17) is 9.47 Å². The monoisotopic (exact) mass is 1160 g/mol. The maximum atomic E-state index is 13.8. The highest BCUT2D eigenvalue weighted by atomic mass is 19.4. The van der Waals surface area contributed by atoms with E-state index in [0.717, 1.165) is 72.9 Å². The Morgan fingerprint density at radius 1 is 0.556 bits per heavy atom. The summed E-state index contributed by atoms with van der Waals surface area (Å²) in [5.41, 5.74) is -1.13. The molecule has 8 nitrogen and oxygen atoms in total. The van der Waals surface area contributed by atoms with Crippen molar-refractivity contribution in [3.63, 3.8) is 0 Å². The molecule has 0 saturated carbocycles. The Hall–Kier alpha value is -5.95. The molecule has 5 rings (SSSR count). The summed E-state index contributed by atoms with van der Waals surface area (Å²) in [6.45, 7) is 17.4. The highest BCUT2D eigenvalue weighted by Crippen LogP contribution is 2.56. The Kier molecular flexibility index (Phi) is 21.8. The van der Waals surface area contributed by atoms with Crippen LogP contribution in [-0.4, -0.2) is 72.6 Å². The molecule has 1 aliphatic heterocycles. The minimum absolute atomic E-state index is 0.0348. The smallest absolute Gasteiger partial charge is 0.406 e. The van der Waals surface area contributed by atoms with Crippen LogP contribution in [0.4, 0.5) is 52.7 Å². The molecule has 81 heavy (non-hydrogen) atoms. The molecule has 0 aliphatic carbocycles. The van der Waals surface area contributed by atoms with Crippen molar-refractivity contribution < 1.29 is 91.1 Å². The van der Waals surface area contributed by atoms with Crippen molar-refractivity contribution in [1.29, 1.82) is 0 Å². The van der Waals surface area contributed by atoms with Crippen LogP contribution >= 0.6 is 0 Å². The number of phenols is 1. The van der Waals surface area contributed by atoms with Crippen LogP contribution in [0.5, 0.6) is 11.5 Å². The standard InChI is InChI=1S/C33H40F6O5.C28H34F6O3/c1-7-31(8-2,25-12-14-27(21(4)18-25)42-19-26-13-16-29(41)44-26)24-11-9-23(20(3)17-24)10-15-28(43-22(5)40)30(6,32(34,35)36)33(37,38)39;1-7-26(8-2,22-12-13-23(36)18(4)16-22)21-11-9-20(17(3)15-21)10-14-24(37-19(5)35)25(6,27(29,30)31)28(32,33)34/h9,11-12,14,17-18,26,28H,7-8,10,13,15-16,19H2,1-6H3;9,11-13,15-16,24,36H,7-8,10,14H2,1-6H3/t26-,28?;/m1./s1. The number of rotatable bonds is 21. The van der Waals surface area contributed by atoms with Crippen molar-refractivity contribution >= 4 is 17.9 Å². The number of alkyl halides is 12. The summed E-state index contributed by atoms with van der Waals surface area (Å²) in [5, 5.41) is 9.95. The molecule has 450 valence electrons. The second-order valence-electron chi connectivity index (χ2n) is 21.5. The molecular weight excluding hydrogens is 1090 g/mol. The zero-order chi connectivity index (χ0) is 61.5. The second-order valence-corrected chi connectivity index (χ2v) is 21.5. The lowest BCUT2D eigenvalue weighted by Gasteiger charge is -2.39. The Balaban J connectivity index is 0.000000354. The van der Waals surface area contributed by atoms with Crippen molar-refractivity contribution in [2.24, 2.45) is 10.8 Å². The molecular formula is C61H74F12O8. The van der Waals surface area contributed by atoms with E-state index >= 15 is 0 Å². The van der Waals surface area contributed by atoms with Gasteiger partial charge >= 0.3 is 42.6 Å². The van der Waals surface area contributed by atoms with Gasteiger partial charge in [0.1, 0.15) is 36.4 Å². The average Bonchev–Trinajstić information content (AvgIpc) is 3.81. The number of hydrogen-bond donors (Lipinski definition) is 1. The SMILES string of the molecule is CCC(CC)(c1ccc(CCC(OC(C)=O)C(C)(C(F)(F)F)C(F)(F)F)c(C)c1)c1ccc(OC[C@H]2CCC(=O)O2)c(C)c1.CCC(CC)(c1ccc(O)c(C)c1)c1ccc(CCC(OC(C)=O)C(C)(C(F)(F)F)C(F)(F)F)c(C)c1. The van der Waals surface area contributed by atoms with Gasteiger partial charge in [-0.3, -0.25) is 14.4 Å². The number of benzene rings is 4. The van der Waals surface area contributed by atoms with E-state index in [2.05, 4.69) is 23.3 Å². The number of ether oxygens (including phenoxy) is 4. The summed E-state index contributed by atoms with van der Waals surface area (Å²) >= 11 is 0. The van der Waals surface area contributed by atoms with Crippen molar-refractivity contribution in [1.82, 2.24) is 0 Å². The first kappa shape index (κ1) is 67.6. The quantitative estimate of drug-likeness (QED) is 0.0499. The highest BCUT2D eigenvalue weighted by Gasteiger charge is 2.73. The average molecular weight is 1160 g/mol. The molecule has 4 aromatic rings. The number of hydrogen-bond acceptors (Lipinski definition) is 8. The number of aromatic hydroxyl groups is 1. The third-order valence-electron chi connectivity index (χ3n) is 16.7. The summed E-state index contributed by atoms with van der Waals surface area (Å²) in [5.74, 6) is -1.80. The van der Waals surface area contributed by atoms with E-state index in [1.54, 1.807) is 39.0 Å². The second kappa shape index (κ2) is 26.1. The normalized spacial score (nSPS) is 15.6. The van der Waals surface area contributed by atoms with Gasteiger partial charge in [-0.2, -0.15) is 52.7 Å². The third-order valence-corrected chi connectivity index (χ3v) is 16.7. The fourth-order valence-electron chi connectivity index (χ4n) is 10.9. The molecule has 1 N–H and O–H groups in total. The first-order valence-electron chi connectivity index (χ1n) is 26.9. The van der Waals surface area contributed by atoms with E-state index in [-0.39, 0.29) is 51.1 Å². The molecule has 2 unspecified atom stereocenters. The lowest BCUT2D eigenvalue weighted by atomic mass is 9.69. The number of aryl methyl sites for hydroxylation is 6. The van der Waals surface area contributed by atoms with E-state index in [1.165, 1.54) is 0 Å². The molecule has 0 amide bonds. The fourth-order valence-corrected chi connectivity index (χ4v) is 10.9. The maximum Gasteiger partial charge on any atom is 0.406 e. The zero-order valence-electron chi connectivity index (χ0n) is 47.8. The minimum Gasteiger partial charge on any atom is -0.508 e. The summed E-state index contributed by atoms with van der Waals surface area (Å²) < 4.78 is 185. The lowest BCUT2D eigenvalue weighted by Crippen LogP contribution is -2.56. The number of carbonyl (C=O) groups excluding carboxylic acids is 3. The van der Waals surface area contributed by atoms with E-state index in [1.807, 2.05) is 75.4 Å². The van der Waals surface area contributed by atoms with Gasteiger partial charge in [-0.05, 0) is 167 Å². The van der Waals surface area contributed by atoms with E-state index in [9.17, 15) is 72.2 Å². The van der Waals surface area contributed by atoms with Crippen LogP contribution < -0.4 is 4.74 Å². The van der Waals surface area contributed by atoms with Crippen molar-refractivity contribution in [3.05, 3.63) is 128 Å². The van der Waals surface area contributed by atoms with Gasteiger partial charge in [0.05, 0.1) is 0 Å². The summed E-state index contributed by atoms with van der Waals surface area (Å²) in [6, 6.07) is 22.3. The topological polar surface area (TPSA) is 108 Å². The van der Waals surface area contributed by atoms with Gasteiger partial charge in [0, 0.05) is 31.1 Å². The molecule has 0 spiro atoms. The first-order valence-corrected chi connectivity index (χ1v) is 26.9. The Morgan fingerprint density at radius 3 is 1.20 bits per heavy atom. The summed E-state index contributed by atoms with van der Waals surface area (Å²) in [4.78, 5) is 34.4. The molecule has 1 aliphatic rings. The Morgan fingerprint density at radius 2 is 0.901 bits per heavy atom. The predicted molar refractivity (Wildman–Crippen MR) is 282 cm³/mol. The number of phenolic OH excluding ortho intramolecular Hbond substituents is 1. The van der Waals surface area contributed by atoms with Gasteiger partial charge in [0.2, 0.25) is 0 Å². The molecule has 0 radical (unpaired) electrons. The molecule has 4 aromatic carbocycles. The fraction of sp³-hybridized carbons (Fsp3) is 0.557. The molecule has 3 atom stereocenters. The van der Waals surface area contributed by atoms with Gasteiger partial charge in [-0.15, -0.1) is 0 Å².